The third-order valence-electron chi connectivity index (χ3n) is 6.16. The van der Waals surface area contributed by atoms with Gasteiger partial charge in [-0.25, -0.2) is 0 Å². The summed E-state index contributed by atoms with van der Waals surface area (Å²) in [6.07, 6.45) is 3.59. The number of nitrogens with zero attached hydrogens (tertiary/aromatic N) is 2. The maximum Gasteiger partial charge on any atom is 0.240 e. The molecule has 0 saturated heterocycles. The highest BCUT2D eigenvalue weighted by Gasteiger charge is 2.42. The van der Waals surface area contributed by atoms with E-state index in [-0.39, 0.29) is 6.42 Å². The van der Waals surface area contributed by atoms with E-state index < -0.39 is 17.2 Å². The molecule has 0 radical (unpaired) electrons. The summed E-state index contributed by atoms with van der Waals surface area (Å²) in [4.78, 5) is 36.4. The van der Waals surface area contributed by atoms with Crippen LogP contribution in [0.4, 0.5) is 11.4 Å². The van der Waals surface area contributed by atoms with Crippen molar-refractivity contribution in [1.29, 1.82) is 0 Å². The van der Waals surface area contributed by atoms with Crippen LogP contribution in [-0.4, -0.2) is 21.8 Å². The van der Waals surface area contributed by atoms with Crippen molar-refractivity contribution in [2.24, 2.45) is 5.41 Å². The lowest BCUT2D eigenvalue weighted by Crippen LogP contribution is -2.45. The predicted octanol–water partition coefficient (Wildman–Crippen LogP) is 5.61. The van der Waals surface area contributed by atoms with E-state index in [4.69, 9.17) is 0 Å². The lowest BCUT2D eigenvalue weighted by atomic mass is 9.81. The summed E-state index contributed by atoms with van der Waals surface area (Å²) < 4.78 is 0. The zero-order valence-electron chi connectivity index (χ0n) is 19.2. The Morgan fingerprint density at radius 1 is 0.657 bits per heavy atom. The van der Waals surface area contributed by atoms with Gasteiger partial charge < -0.3 is 10.6 Å². The molecule has 0 aliphatic rings. The van der Waals surface area contributed by atoms with Crippen LogP contribution in [0.15, 0.2) is 103 Å². The lowest BCUT2D eigenvalue weighted by Gasteiger charge is -2.28. The normalized spacial score (nSPS) is 11.3. The molecule has 6 nitrogen and oxygen atoms in total. The Balaban J connectivity index is 1.51. The van der Waals surface area contributed by atoms with Gasteiger partial charge in [-0.1, -0.05) is 66.7 Å². The van der Waals surface area contributed by atoms with Gasteiger partial charge in [-0.3, -0.25) is 19.6 Å². The average Bonchev–Trinajstić information content (AvgIpc) is 2.89. The van der Waals surface area contributed by atoms with Crippen LogP contribution in [0.25, 0.3) is 21.8 Å². The monoisotopic (exact) mass is 460 g/mol. The van der Waals surface area contributed by atoms with Gasteiger partial charge in [0.2, 0.25) is 11.8 Å². The highest BCUT2D eigenvalue weighted by molar-refractivity contribution is 6.17. The summed E-state index contributed by atoms with van der Waals surface area (Å²) in [7, 11) is 0. The van der Waals surface area contributed by atoms with E-state index in [1.54, 1.807) is 31.5 Å². The van der Waals surface area contributed by atoms with Gasteiger partial charge in [0.05, 0.1) is 22.4 Å². The molecule has 2 heterocycles. The van der Waals surface area contributed by atoms with Crippen LogP contribution >= 0.6 is 0 Å². The highest BCUT2D eigenvalue weighted by Crippen LogP contribution is 2.30. The van der Waals surface area contributed by atoms with Crippen LogP contribution in [0.5, 0.6) is 0 Å². The van der Waals surface area contributed by atoms with E-state index >= 15 is 0 Å². The molecule has 2 amide bonds. The number of pyridine rings is 2. The molecule has 0 bridgehead atoms. The fourth-order valence-electron chi connectivity index (χ4n) is 4.20. The van der Waals surface area contributed by atoms with Crippen LogP contribution in [0.3, 0.4) is 0 Å². The smallest absolute Gasteiger partial charge is 0.240 e. The molecule has 0 saturated carbocycles. The number of fused-ring (bicyclic) bond motifs is 2. The van der Waals surface area contributed by atoms with Crippen LogP contribution < -0.4 is 10.6 Å². The number of anilines is 2. The van der Waals surface area contributed by atoms with Crippen molar-refractivity contribution < 1.29 is 9.59 Å². The van der Waals surface area contributed by atoms with Crippen molar-refractivity contribution in [3.05, 3.63) is 109 Å². The minimum atomic E-state index is -1.41. The van der Waals surface area contributed by atoms with E-state index in [2.05, 4.69) is 20.6 Å². The van der Waals surface area contributed by atoms with Gasteiger partial charge in [-0.05, 0) is 43.2 Å². The molecular formula is C29H24N4O2. The molecule has 0 aliphatic heterocycles. The third-order valence-corrected chi connectivity index (χ3v) is 6.16. The topological polar surface area (TPSA) is 84.0 Å². The SMILES string of the molecule is CC(Cc1ccccc1)(C(=O)Nc1cccc2cccnc12)C(=O)Nc1cccc2cccnc12. The standard InChI is InChI=1S/C29H24N4O2/c1-29(19-20-9-3-2-4-10-20,27(34)32-23-15-5-11-21-13-7-17-30-25(21)23)28(35)33-24-16-6-12-22-14-8-18-31-26(22)24/h2-18H,19H2,1H3,(H,32,34)(H,33,35). The van der Waals surface area contributed by atoms with Crippen molar-refractivity contribution in [2.45, 2.75) is 13.3 Å². The van der Waals surface area contributed by atoms with Crippen molar-refractivity contribution in [3.63, 3.8) is 0 Å². The maximum atomic E-state index is 13.8. The molecule has 35 heavy (non-hydrogen) atoms. The zero-order valence-corrected chi connectivity index (χ0v) is 19.2. The molecule has 172 valence electrons. The summed E-state index contributed by atoms with van der Waals surface area (Å²) in [5, 5.41) is 7.75. The average molecular weight is 461 g/mol. The maximum absolute atomic E-state index is 13.8. The molecular weight excluding hydrogens is 436 g/mol. The molecule has 2 aromatic heterocycles. The second kappa shape index (κ2) is 9.35. The lowest BCUT2D eigenvalue weighted by molar-refractivity contribution is -0.136. The second-order valence-electron chi connectivity index (χ2n) is 8.66. The van der Waals surface area contributed by atoms with Gasteiger partial charge in [0.1, 0.15) is 5.41 Å². The highest BCUT2D eigenvalue weighted by atomic mass is 16.2. The Morgan fingerprint density at radius 2 is 1.14 bits per heavy atom. The van der Waals surface area contributed by atoms with Crippen LogP contribution in [0.1, 0.15) is 12.5 Å². The predicted molar refractivity (Wildman–Crippen MR) is 139 cm³/mol. The van der Waals surface area contributed by atoms with E-state index in [0.717, 1.165) is 16.3 Å². The molecule has 5 rings (SSSR count). The number of hydrogen-bond donors (Lipinski definition) is 2. The Morgan fingerprint density at radius 3 is 1.66 bits per heavy atom. The van der Waals surface area contributed by atoms with E-state index in [9.17, 15) is 9.59 Å². The molecule has 0 aliphatic carbocycles. The molecule has 0 atom stereocenters. The van der Waals surface area contributed by atoms with E-state index in [1.807, 2.05) is 78.9 Å². The second-order valence-corrected chi connectivity index (χ2v) is 8.66. The summed E-state index contributed by atoms with van der Waals surface area (Å²) in [5.41, 5.74) is 1.94. The number of hydrogen-bond acceptors (Lipinski definition) is 4. The van der Waals surface area contributed by atoms with Gasteiger partial charge in [-0.2, -0.15) is 0 Å². The number of aromatic nitrogens is 2. The number of nitrogens with one attached hydrogen (secondary N) is 2. The Bertz CT molecular complexity index is 1430. The van der Waals surface area contributed by atoms with E-state index in [1.165, 1.54) is 0 Å². The molecule has 0 unspecified atom stereocenters. The molecule has 3 aromatic carbocycles. The summed E-state index contributed by atoms with van der Waals surface area (Å²) in [6.45, 7) is 1.67. The minimum absolute atomic E-state index is 0.224. The summed E-state index contributed by atoms with van der Waals surface area (Å²) in [5.74, 6) is -0.824. The first kappa shape index (κ1) is 22.2. The minimum Gasteiger partial charge on any atom is -0.323 e. The molecule has 6 heteroatoms. The molecule has 0 fully saturated rings. The number of amides is 2. The van der Waals surface area contributed by atoms with Crippen molar-refractivity contribution in [3.8, 4) is 0 Å². The largest absolute Gasteiger partial charge is 0.323 e. The first-order valence-corrected chi connectivity index (χ1v) is 11.4. The summed E-state index contributed by atoms with van der Waals surface area (Å²) >= 11 is 0. The van der Waals surface area contributed by atoms with Crippen LogP contribution in [-0.2, 0) is 16.0 Å². The summed E-state index contributed by atoms with van der Waals surface area (Å²) in [6, 6.07) is 28.3. The zero-order chi connectivity index (χ0) is 24.3. The van der Waals surface area contributed by atoms with E-state index in [0.29, 0.717) is 22.4 Å². The van der Waals surface area contributed by atoms with Gasteiger partial charge in [0, 0.05) is 23.2 Å². The Kier molecular flexibility index (Phi) is 5.94. The van der Waals surface area contributed by atoms with Crippen LogP contribution in [0, 0.1) is 5.41 Å². The first-order valence-electron chi connectivity index (χ1n) is 11.4. The quantitative estimate of drug-likeness (QED) is 0.323. The molecule has 5 aromatic rings. The number of carbonyl (C=O) groups is 2. The van der Waals surface area contributed by atoms with Gasteiger partial charge in [0.25, 0.3) is 0 Å². The third kappa shape index (κ3) is 4.46. The van der Waals surface area contributed by atoms with Crippen molar-refractivity contribution in [2.75, 3.05) is 10.6 Å². The van der Waals surface area contributed by atoms with Gasteiger partial charge in [-0.15, -0.1) is 0 Å². The number of para-hydroxylation sites is 2. The van der Waals surface area contributed by atoms with Gasteiger partial charge in [0.15, 0.2) is 0 Å². The van der Waals surface area contributed by atoms with Crippen LogP contribution in [0.2, 0.25) is 0 Å². The Hall–Kier alpha value is -4.58. The molecule has 0 spiro atoms. The number of carbonyl (C=O) groups excluding carboxylic acids is 2. The number of rotatable bonds is 6. The number of benzene rings is 3. The first-order chi connectivity index (χ1) is 17.0. The fraction of sp³-hybridized carbons (Fsp3) is 0.103. The Labute approximate surface area is 203 Å². The van der Waals surface area contributed by atoms with Crippen molar-refractivity contribution in [1.82, 2.24) is 9.97 Å². The van der Waals surface area contributed by atoms with Crippen molar-refractivity contribution >= 4 is 45.0 Å². The van der Waals surface area contributed by atoms with Gasteiger partial charge >= 0.3 is 0 Å². The fourth-order valence-corrected chi connectivity index (χ4v) is 4.20. The molecule has 2 N–H and O–H groups in total.